The summed E-state index contributed by atoms with van der Waals surface area (Å²) >= 11 is 0. The number of aliphatic imine (C=N–C) groups is 1. The van der Waals surface area contributed by atoms with Crippen LogP contribution in [0.2, 0.25) is 0 Å². The minimum Gasteiger partial charge on any atom is -0.494 e. The van der Waals surface area contributed by atoms with Gasteiger partial charge in [-0.25, -0.2) is 13.2 Å². The zero-order chi connectivity index (χ0) is 18.7. The molecule has 9 heteroatoms. The molecule has 0 fully saturated rings. The van der Waals surface area contributed by atoms with Crippen LogP contribution in [0.4, 0.5) is 0 Å². The fraction of sp³-hybridized carbons (Fsp3) is 0.235. The van der Waals surface area contributed by atoms with Crippen molar-refractivity contribution < 1.29 is 13.5 Å². The summed E-state index contributed by atoms with van der Waals surface area (Å²) in [7, 11) is -3.27. The monoisotopic (exact) mass is 375 g/mol. The molecule has 0 aliphatic carbocycles. The Labute approximate surface area is 149 Å². The zero-order valence-corrected chi connectivity index (χ0v) is 14.5. The lowest BCUT2D eigenvalue weighted by Crippen LogP contribution is -2.32. The van der Waals surface area contributed by atoms with Crippen LogP contribution in [0.5, 0.6) is 5.88 Å². The molecule has 0 bridgehead atoms. The molecule has 8 nitrogen and oxygen atoms in total. The van der Waals surface area contributed by atoms with E-state index in [1.807, 2.05) is 30.3 Å². The third-order valence-electron chi connectivity index (χ3n) is 3.98. The number of aromatic nitrogens is 2. The quantitative estimate of drug-likeness (QED) is 0.724. The van der Waals surface area contributed by atoms with E-state index in [0.717, 1.165) is 21.8 Å². The number of rotatable bonds is 5. The van der Waals surface area contributed by atoms with Crippen molar-refractivity contribution in [2.24, 2.45) is 4.99 Å². The van der Waals surface area contributed by atoms with Gasteiger partial charge in [-0.2, -0.15) is 0 Å². The van der Waals surface area contributed by atoms with E-state index in [9.17, 15) is 23.1 Å². The highest BCUT2D eigenvalue weighted by Gasteiger charge is 2.21. The second kappa shape index (κ2) is 7.12. The summed E-state index contributed by atoms with van der Waals surface area (Å²) in [6, 6.07) is 8.77. The number of nitrogens with zero attached hydrogens (tertiary/aromatic N) is 2. The van der Waals surface area contributed by atoms with Crippen molar-refractivity contribution in [3.63, 3.8) is 0 Å². The van der Waals surface area contributed by atoms with Gasteiger partial charge in [-0.05, 0) is 18.1 Å². The Hall–Kier alpha value is -2.94. The molecular weight excluding hydrogens is 358 g/mol. The van der Waals surface area contributed by atoms with Gasteiger partial charge in [0.1, 0.15) is 5.56 Å². The Balaban J connectivity index is 1.86. The minimum absolute atomic E-state index is 0.171. The molecule has 3 rings (SSSR count). The molecule has 2 aromatic rings. The van der Waals surface area contributed by atoms with Crippen LogP contribution in [-0.2, 0) is 22.8 Å². The van der Waals surface area contributed by atoms with E-state index in [4.69, 9.17) is 0 Å². The number of hydrogen-bond acceptors (Lipinski definition) is 6. The fourth-order valence-electron chi connectivity index (χ4n) is 2.61. The maximum atomic E-state index is 12.0. The zero-order valence-electron chi connectivity index (χ0n) is 13.7. The second-order valence-corrected chi connectivity index (χ2v) is 7.82. The highest BCUT2D eigenvalue weighted by molar-refractivity contribution is 7.94. The standard InChI is InChI=1S/C17H17N3O5S/c21-15-14(10-18-13-7-9-26(24,25)11-13)16(22)20(17(23)19-15)8-6-12-4-2-1-3-5-12/h1-5,7,9-10,13,22H,6,8,11H2,(H,19,21,23)/t13-/m0/s1. The Morgan fingerprint density at radius 1 is 1.27 bits per heavy atom. The third kappa shape index (κ3) is 3.99. The molecule has 1 atom stereocenters. The van der Waals surface area contributed by atoms with Crippen LogP contribution in [0.3, 0.4) is 0 Å². The van der Waals surface area contributed by atoms with E-state index in [1.54, 1.807) is 0 Å². The maximum absolute atomic E-state index is 12.0. The van der Waals surface area contributed by atoms with Gasteiger partial charge in [0.15, 0.2) is 9.84 Å². The summed E-state index contributed by atoms with van der Waals surface area (Å²) in [5.74, 6) is -0.682. The van der Waals surface area contributed by atoms with Gasteiger partial charge in [-0.1, -0.05) is 30.3 Å². The number of nitrogens with one attached hydrogen (secondary N) is 1. The molecule has 0 amide bonds. The number of aromatic amines is 1. The average molecular weight is 375 g/mol. The number of aromatic hydroxyl groups is 1. The predicted molar refractivity (Wildman–Crippen MR) is 97.4 cm³/mol. The van der Waals surface area contributed by atoms with Crippen molar-refractivity contribution in [3.8, 4) is 5.88 Å². The summed E-state index contributed by atoms with van der Waals surface area (Å²) in [5.41, 5.74) is -0.710. The van der Waals surface area contributed by atoms with Gasteiger partial charge in [0.25, 0.3) is 5.56 Å². The van der Waals surface area contributed by atoms with E-state index in [1.165, 1.54) is 6.08 Å². The van der Waals surface area contributed by atoms with Gasteiger partial charge < -0.3 is 5.11 Å². The van der Waals surface area contributed by atoms with Crippen LogP contribution in [0.15, 0.2) is 56.4 Å². The van der Waals surface area contributed by atoms with Crippen LogP contribution in [0.1, 0.15) is 11.1 Å². The summed E-state index contributed by atoms with van der Waals surface area (Å²) in [5, 5.41) is 11.4. The number of aryl methyl sites for hydroxylation is 1. The van der Waals surface area contributed by atoms with Crippen LogP contribution >= 0.6 is 0 Å². The van der Waals surface area contributed by atoms with E-state index >= 15 is 0 Å². The molecule has 0 radical (unpaired) electrons. The second-order valence-electron chi connectivity index (χ2n) is 5.89. The maximum Gasteiger partial charge on any atom is 0.331 e. The SMILES string of the molecule is O=c1[nH]c(=O)n(CCc2ccccc2)c(O)c1C=N[C@H]1C=CS(=O)(=O)C1. The van der Waals surface area contributed by atoms with E-state index in [2.05, 4.69) is 9.98 Å². The number of H-pyrrole nitrogens is 1. The summed E-state index contributed by atoms with van der Waals surface area (Å²) in [6.45, 7) is 0.171. The molecule has 2 N–H and O–H groups in total. The van der Waals surface area contributed by atoms with Gasteiger partial charge in [0.2, 0.25) is 5.88 Å². The molecule has 26 heavy (non-hydrogen) atoms. The predicted octanol–water partition coefficient (Wildman–Crippen LogP) is 0.214. The highest BCUT2D eigenvalue weighted by atomic mass is 32.2. The van der Waals surface area contributed by atoms with Crippen LogP contribution < -0.4 is 11.2 Å². The first kappa shape index (κ1) is 17.9. The van der Waals surface area contributed by atoms with Crippen molar-refractivity contribution in [1.29, 1.82) is 0 Å². The molecule has 0 saturated heterocycles. The van der Waals surface area contributed by atoms with Gasteiger partial charge >= 0.3 is 5.69 Å². The van der Waals surface area contributed by atoms with Crippen molar-refractivity contribution in [2.45, 2.75) is 19.0 Å². The number of benzene rings is 1. The Bertz CT molecular complexity index is 1080. The molecule has 1 aliphatic heterocycles. The first-order valence-corrected chi connectivity index (χ1v) is 9.61. The Kier molecular flexibility index (Phi) is 4.90. The molecular formula is C17H17N3O5S. The summed E-state index contributed by atoms with van der Waals surface area (Å²) in [6.07, 6.45) is 2.99. The van der Waals surface area contributed by atoms with Gasteiger partial charge in [0.05, 0.1) is 11.8 Å². The van der Waals surface area contributed by atoms with Crippen LogP contribution in [0.25, 0.3) is 0 Å². The molecule has 1 aliphatic rings. The topological polar surface area (TPSA) is 122 Å². The Morgan fingerprint density at radius 3 is 2.65 bits per heavy atom. The largest absolute Gasteiger partial charge is 0.494 e. The van der Waals surface area contributed by atoms with E-state index in [0.29, 0.717) is 6.42 Å². The van der Waals surface area contributed by atoms with Crippen molar-refractivity contribution in [3.05, 3.63) is 73.8 Å². The van der Waals surface area contributed by atoms with E-state index in [-0.39, 0.29) is 17.9 Å². The molecule has 0 unspecified atom stereocenters. The lowest BCUT2D eigenvalue weighted by atomic mass is 10.1. The first-order valence-electron chi connectivity index (χ1n) is 7.90. The van der Waals surface area contributed by atoms with Gasteiger partial charge in [0, 0.05) is 18.2 Å². The van der Waals surface area contributed by atoms with Crippen molar-refractivity contribution >= 4 is 16.1 Å². The van der Waals surface area contributed by atoms with Crippen LogP contribution in [-0.4, -0.2) is 41.1 Å². The third-order valence-corrected chi connectivity index (χ3v) is 5.36. The van der Waals surface area contributed by atoms with Gasteiger partial charge in [-0.15, -0.1) is 0 Å². The van der Waals surface area contributed by atoms with E-state index < -0.39 is 33.0 Å². The number of hydrogen-bond donors (Lipinski definition) is 2. The molecule has 1 aromatic carbocycles. The normalized spacial score (nSPS) is 18.5. The molecule has 2 heterocycles. The molecule has 0 saturated carbocycles. The molecule has 0 spiro atoms. The summed E-state index contributed by atoms with van der Waals surface area (Å²) in [4.78, 5) is 30.1. The molecule has 1 aromatic heterocycles. The fourth-order valence-corrected chi connectivity index (χ4v) is 3.81. The van der Waals surface area contributed by atoms with Crippen molar-refractivity contribution in [1.82, 2.24) is 9.55 Å². The average Bonchev–Trinajstić information content (AvgIpc) is 2.94. The lowest BCUT2D eigenvalue weighted by Gasteiger charge is -2.10. The summed E-state index contributed by atoms with van der Waals surface area (Å²) < 4.78 is 23.8. The highest BCUT2D eigenvalue weighted by Crippen LogP contribution is 2.13. The minimum atomic E-state index is -3.27. The smallest absolute Gasteiger partial charge is 0.331 e. The lowest BCUT2D eigenvalue weighted by molar-refractivity contribution is 0.399. The Morgan fingerprint density at radius 2 is 2.00 bits per heavy atom. The first-order chi connectivity index (χ1) is 12.4. The van der Waals surface area contributed by atoms with Crippen molar-refractivity contribution in [2.75, 3.05) is 5.75 Å². The van der Waals surface area contributed by atoms with Crippen LogP contribution in [0, 0.1) is 0 Å². The van der Waals surface area contributed by atoms with Gasteiger partial charge in [-0.3, -0.25) is 19.3 Å². The number of sulfone groups is 1. The molecule has 136 valence electrons.